The molecule has 7 heavy (non-hydrogen) atoms. The van der Waals surface area contributed by atoms with E-state index in [1.165, 1.54) is 0 Å². The first-order valence-electron chi connectivity index (χ1n) is 1.78. The quantitative estimate of drug-likeness (QED) is 0.480. The fraction of sp³-hybridized carbons (Fsp3) is 0.200. The van der Waals surface area contributed by atoms with Crippen molar-refractivity contribution < 1.29 is 17.3 Å². The van der Waals surface area contributed by atoms with Crippen molar-refractivity contribution in [1.29, 1.82) is 0 Å². The topological polar surface area (TPSA) is 0 Å². The van der Waals surface area contributed by atoms with Crippen molar-refractivity contribution in [2.24, 2.45) is 0 Å². The van der Waals surface area contributed by atoms with E-state index in [0.29, 0.717) is 0 Å². The van der Waals surface area contributed by atoms with Gasteiger partial charge in [-0.2, -0.15) is 6.42 Å². The maximum atomic E-state index is 4.53. The van der Waals surface area contributed by atoms with Crippen LogP contribution in [-0.4, -0.2) is 0 Å². The minimum atomic E-state index is 0.851. The monoisotopic (exact) mass is 206 g/mol. The van der Waals surface area contributed by atoms with Gasteiger partial charge < -0.3 is 6.92 Å². The van der Waals surface area contributed by atoms with Crippen molar-refractivity contribution in [1.82, 2.24) is 0 Å². The molecule has 0 heterocycles. The van der Waals surface area contributed by atoms with Crippen molar-refractivity contribution in [2.75, 3.05) is 0 Å². The Labute approximate surface area is 60.4 Å². The van der Waals surface area contributed by atoms with Gasteiger partial charge in [0.05, 0.1) is 0 Å². The third kappa shape index (κ3) is 19.7. The molecule has 0 saturated heterocycles. The van der Waals surface area contributed by atoms with Gasteiger partial charge >= 0.3 is 27.0 Å². The first-order valence-corrected chi connectivity index (χ1v) is 3.89. The second-order valence-corrected chi connectivity index (χ2v) is 0.760. The van der Waals surface area contributed by atoms with Gasteiger partial charge in [-0.25, -0.2) is 0 Å². The zero-order valence-electron chi connectivity index (χ0n) is 3.99. The fourth-order valence-electron chi connectivity index (χ4n) is 0.118. The molecule has 0 unspecified atom stereocenters. The number of hydrogen-bond donors (Lipinski definition) is 0. The molecule has 0 N–H and O–H groups in total. The van der Waals surface area contributed by atoms with E-state index in [2.05, 4.69) is 23.5 Å². The molecule has 0 aromatic heterocycles. The number of unbranched alkanes of at least 4 members (excludes halogenated alkanes) is 2. The van der Waals surface area contributed by atoms with Gasteiger partial charge in [-0.3, -0.25) is 0 Å². The predicted octanol–water partition coefficient (Wildman–Crippen LogP) is 2.14. The van der Waals surface area contributed by atoms with Crippen LogP contribution in [0.4, 0.5) is 0 Å². The first-order chi connectivity index (χ1) is 3.41. The van der Waals surface area contributed by atoms with Gasteiger partial charge in [0.2, 0.25) is 0 Å². The van der Waals surface area contributed by atoms with Crippen molar-refractivity contribution in [3.8, 4) is 0 Å². The Kier molecular flexibility index (Phi) is 24.4. The summed E-state index contributed by atoms with van der Waals surface area (Å²) in [5, 5.41) is 0. The average Bonchev–Trinajstić information content (AvgIpc) is 1.75. The van der Waals surface area contributed by atoms with Crippen LogP contribution >= 0.6 is 9.69 Å². The summed E-state index contributed by atoms with van der Waals surface area (Å²) >= 11 is 2.02. The van der Waals surface area contributed by atoms with Gasteiger partial charge in [-0.1, -0.05) is 6.42 Å². The molecule has 0 spiro atoms. The zero-order valence-corrected chi connectivity index (χ0v) is 6.38. The molecule has 0 aromatic carbocycles. The van der Waals surface area contributed by atoms with E-state index in [4.69, 9.17) is 0 Å². The SMILES string of the molecule is [CH2][CH][CH]C[CH2-].[Cl][Rh+2]. The van der Waals surface area contributed by atoms with E-state index in [1.54, 1.807) is 6.42 Å². The van der Waals surface area contributed by atoms with E-state index in [0.717, 1.165) is 6.42 Å². The standard InChI is InChI=1S/C5H8.ClH.Rh/c1-3-5-4-2;;/h3,5H,1-2,4H2;1H;/q-1;;+3/p-1. The molecule has 0 bridgehead atoms. The van der Waals surface area contributed by atoms with Crippen LogP contribution in [0.1, 0.15) is 6.42 Å². The van der Waals surface area contributed by atoms with Gasteiger partial charge in [0.15, 0.2) is 0 Å². The van der Waals surface area contributed by atoms with Crippen molar-refractivity contribution >= 4 is 9.69 Å². The van der Waals surface area contributed by atoms with Gasteiger partial charge in [0, 0.05) is 0 Å². The Morgan fingerprint density at radius 2 is 2.14 bits per heavy atom. The van der Waals surface area contributed by atoms with E-state index in [9.17, 15) is 0 Å². The van der Waals surface area contributed by atoms with Crippen LogP contribution in [-0.2, 0) is 17.3 Å². The van der Waals surface area contributed by atoms with E-state index >= 15 is 0 Å². The summed E-state index contributed by atoms with van der Waals surface area (Å²) in [4.78, 5) is 0. The fourth-order valence-corrected chi connectivity index (χ4v) is 0.118. The third-order valence-corrected chi connectivity index (χ3v) is 0.333. The Balaban J connectivity index is 0. The van der Waals surface area contributed by atoms with E-state index < -0.39 is 0 Å². The summed E-state index contributed by atoms with van der Waals surface area (Å²) in [6.07, 6.45) is 4.50. The molecule has 0 aromatic rings. The van der Waals surface area contributed by atoms with Crippen molar-refractivity contribution in [2.45, 2.75) is 6.42 Å². The zero-order chi connectivity index (χ0) is 6.12. The predicted molar refractivity (Wildman–Crippen MR) is 29.8 cm³/mol. The molecule has 3 radical (unpaired) electrons. The third-order valence-electron chi connectivity index (χ3n) is 0.333. The number of halogens is 1. The second kappa shape index (κ2) is 15.8. The summed E-state index contributed by atoms with van der Waals surface area (Å²) in [7, 11) is 4.53. The van der Waals surface area contributed by atoms with Crippen LogP contribution in [0.3, 0.4) is 0 Å². The molecule has 0 nitrogen and oxygen atoms in total. The Hall–Kier alpha value is 0.913. The molecule has 0 aliphatic heterocycles. The second-order valence-electron chi connectivity index (χ2n) is 0.760. The molecular weight excluding hydrogens is 198 g/mol. The molecule has 0 atom stereocenters. The summed E-state index contributed by atoms with van der Waals surface area (Å²) in [6, 6.07) is 0. The Morgan fingerprint density at radius 3 is 2.14 bits per heavy atom. The molecule has 0 fully saturated rings. The molecule has 0 saturated carbocycles. The van der Waals surface area contributed by atoms with Crippen molar-refractivity contribution in [3.05, 3.63) is 26.7 Å². The van der Waals surface area contributed by atoms with Crippen LogP contribution < -0.4 is 0 Å². The van der Waals surface area contributed by atoms with Crippen LogP contribution in [0.25, 0.3) is 0 Å². The summed E-state index contributed by atoms with van der Waals surface area (Å²) < 4.78 is 0. The van der Waals surface area contributed by atoms with Crippen molar-refractivity contribution in [3.63, 3.8) is 0 Å². The van der Waals surface area contributed by atoms with Gasteiger partial charge in [0.25, 0.3) is 0 Å². The van der Waals surface area contributed by atoms with Crippen LogP contribution in [0.2, 0.25) is 0 Å². The Morgan fingerprint density at radius 1 is 1.71 bits per heavy atom. The average molecular weight is 206 g/mol. The van der Waals surface area contributed by atoms with Gasteiger partial charge in [-0.05, 0) is 13.3 Å². The van der Waals surface area contributed by atoms with E-state index in [1.807, 2.05) is 23.7 Å². The minimum absolute atomic E-state index is 0.851. The molecule has 0 aliphatic rings. The van der Waals surface area contributed by atoms with E-state index in [-0.39, 0.29) is 0 Å². The van der Waals surface area contributed by atoms with Crippen LogP contribution in [0.15, 0.2) is 0 Å². The first kappa shape index (κ1) is 10.8. The summed E-state index contributed by atoms with van der Waals surface area (Å²) in [5.41, 5.74) is 0. The number of rotatable bonds is 2. The Bertz CT molecular complexity index is 15.6. The number of hydrogen-bond acceptors (Lipinski definition) is 0. The molecule has 0 rings (SSSR count). The molecule has 2 heteroatoms. The molecular formula is C5H8ClRh+. The van der Waals surface area contributed by atoms with Gasteiger partial charge in [0.1, 0.15) is 0 Å². The molecule has 43 valence electrons. The summed E-state index contributed by atoms with van der Waals surface area (Å²) in [5.74, 6) is 0. The van der Waals surface area contributed by atoms with Gasteiger partial charge in [-0.15, -0.1) is 0 Å². The molecule has 0 aliphatic carbocycles. The summed E-state index contributed by atoms with van der Waals surface area (Å²) in [6.45, 7) is 7.00. The van der Waals surface area contributed by atoms with Crippen LogP contribution in [0, 0.1) is 26.7 Å². The molecule has 0 amide bonds. The maximum absolute atomic E-state index is 4.53. The normalized spacial score (nSPS) is 6.86. The van der Waals surface area contributed by atoms with Crippen LogP contribution in [0.5, 0.6) is 0 Å².